The van der Waals surface area contributed by atoms with Crippen LogP contribution < -0.4 is 9.62 Å². The van der Waals surface area contributed by atoms with Gasteiger partial charge in [-0.25, -0.2) is 8.42 Å². The van der Waals surface area contributed by atoms with E-state index in [-0.39, 0.29) is 22.8 Å². The molecular formula is C20H21ClN2O3S. The number of carbonyl (C=O) groups is 1. The van der Waals surface area contributed by atoms with E-state index in [1.54, 1.807) is 36.4 Å². The van der Waals surface area contributed by atoms with E-state index in [0.717, 1.165) is 29.7 Å². The molecule has 1 atom stereocenters. The van der Waals surface area contributed by atoms with Crippen LogP contribution in [0.15, 0.2) is 41.3 Å². The van der Waals surface area contributed by atoms with Crippen LogP contribution in [0.2, 0.25) is 5.02 Å². The van der Waals surface area contributed by atoms with Crippen molar-refractivity contribution in [3.05, 3.63) is 52.5 Å². The van der Waals surface area contributed by atoms with Gasteiger partial charge in [0.05, 0.1) is 15.6 Å². The van der Waals surface area contributed by atoms with Gasteiger partial charge in [-0.2, -0.15) is 0 Å². The summed E-state index contributed by atoms with van der Waals surface area (Å²) in [4.78, 5) is 14.5. The minimum Gasteiger partial charge on any atom is -0.309 e. The number of anilines is 2. The lowest BCUT2D eigenvalue weighted by atomic mass is 10.1. The smallest absolute Gasteiger partial charge is 0.261 e. The lowest BCUT2D eigenvalue weighted by Gasteiger charge is -2.22. The van der Waals surface area contributed by atoms with Gasteiger partial charge in [-0.05, 0) is 74.6 Å². The standard InChI is InChI=1S/C20H21ClN2O3S/c1-12-3-7-18(17(21)9-12)22-27(25,26)16-6-8-19-15(11-16)10-13(2)23(19)20(24)14-4-5-14/h3,6-9,11,13-14,22H,4-5,10H2,1-2H3. The number of amides is 1. The van der Waals surface area contributed by atoms with Crippen molar-refractivity contribution in [2.75, 3.05) is 9.62 Å². The van der Waals surface area contributed by atoms with Gasteiger partial charge in [-0.1, -0.05) is 17.7 Å². The van der Waals surface area contributed by atoms with Crippen molar-refractivity contribution >= 4 is 38.9 Å². The molecule has 4 rings (SSSR count). The topological polar surface area (TPSA) is 66.5 Å². The van der Waals surface area contributed by atoms with Gasteiger partial charge in [0.1, 0.15) is 0 Å². The predicted molar refractivity (Wildman–Crippen MR) is 107 cm³/mol. The fourth-order valence-electron chi connectivity index (χ4n) is 3.54. The Morgan fingerprint density at radius 1 is 1.19 bits per heavy atom. The third-order valence-corrected chi connectivity index (χ3v) is 6.79. The Hall–Kier alpha value is -2.05. The molecule has 27 heavy (non-hydrogen) atoms. The molecule has 1 aliphatic heterocycles. The van der Waals surface area contributed by atoms with Crippen LogP contribution >= 0.6 is 11.6 Å². The molecule has 5 nitrogen and oxygen atoms in total. The number of nitrogens with one attached hydrogen (secondary N) is 1. The molecule has 1 unspecified atom stereocenters. The molecule has 2 aromatic carbocycles. The van der Waals surface area contributed by atoms with E-state index in [2.05, 4.69) is 4.72 Å². The van der Waals surface area contributed by atoms with Gasteiger partial charge in [0.15, 0.2) is 0 Å². The summed E-state index contributed by atoms with van der Waals surface area (Å²) in [7, 11) is -3.77. The molecule has 1 saturated carbocycles. The molecule has 7 heteroatoms. The number of sulfonamides is 1. The molecule has 1 amide bonds. The lowest BCUT2D eigenvalue weighted by Crippen LogP contribution is -2.36. The zero-order valence-electron chi connectivity index (χ0n) is 15.2. The predicted octanol–water partition coefficient (Wildman–Crippen LogP) is 4.14. The Balaban J connectivity index is 1.63. The highest BCUT2D eigenvalue weighted by molar-refractivity contribution is 7.92. The van der Waals surface area contributed by atoms with Crippen LogP contribution in [0.5, 0.6) is 0 Å². The lowest BCUT2D eigenvalue weighted by molar-refractivity contribution is -0.120. The maximum atomic E-state index is 12.8. The molecule has 1 N–H and O–H groups in total. The van der Waals surface area contributed by atoms with Crippen molar-refractivity contribution in [2.45, 2.75) is 44.0 Å². The Kier molecular flexibility index (Phi) is 4.43. The van der Waals surface area contributed by atoms with Crippen LogP contribution in [0.4, 0.5) is 11.4 Å². The summed E-state index contributed by atoms with van der Waals surface area (Å²) >= 11 is 6.15. The van der Waals surface area contributed by atoms with E-state index in [1.807, 2.05) is 18.7 Å². The van der Waals surface area contributed by atoms with E-state index in [0.29, 0.717) is 17.1 Å². The van der Waals surface area contributed by atoms with Gasteiger partial charge in [0.2, 0.25) is 5.91 Å². The molecule has 2 aromatic rings. The molecular weight excluding hydrogens is 384 g/mol. The van der Waals surface area contributed by atoms with Crippen LogP contribution in [0.3, 0.4) is 0 Å². The molecule has 142 valence electrons. The van der Waals surface area contributed by atoms with Crippen molar-refractivity contribution in [3.63, 3.8) is 0 Å². The first-order valence-corrected chi connectivity index (χ1v) is 10.9. The third-order valence-electron chi connectivity index (χ3n) is 5.11. The van der Waals surface area contributed by atoms with E-state index in [4.69, 9.17) is 11.6 Å². The number of hydrogen-bond acceptors (Lipinski definition) is 3. The van der Waals surface area contributed by atoms with Crippen LogP contribution in [0.1, 0.15) is 30.9 Å². The Bertz CT molecular complexity index is 1030. The minimum absolute atomic E-state index is 0.0468. The number of carbonyl (C=O) groups excluding carboxylic acids is 1. The average molecular weight is 405 g/mol. The van der Waals surface area contributed by atoms with Crippen molar-refractivity contribution in [3.8, 4) is 0 Å². The molecule has 1 aliphatic carbocycles. The molecule has 1 heterocycles. The highest BCUT2D eigenvalue weighted by atomic mass is 35.5. The van der Waals surface area contributed by atoms with Gasteiger partial charge in [0, 0.05) is 17.6 Å². The van der Waals surface area contributed by atoms with E-state index >= 15 is 0 Å². The van der Waals surface area contributed by atoms with Crippen molar-refractivity contribution < 1.29 is 13.2 Å². The van der Waals surface area contributed by atoms with E-state index in [1.165, 1.54) is 0 Å². The third kappa shape index (κ3) is 3.44. The molecule has 2 aliphatic rings. The Morgan fingerprint density at radius 2 is 1.93 bits per heavy atom. The average Bonchev–Trinajstić information content (AvgIpc) is 3.39. The monoisotopic (exact) mass is 404 g/mol. The second kappa shape index (κ2) is 6.53. The second-order valence-electron chi connectivity index (χ2n) is 7.41. The zero-order chi connectivity index (χ0) is 19.3. The van der Waals surface area contributed by atoms with Crippen LogP contribution in [-0.2, 0) is 21.2 Å². The van der Waals surface area contributed by atoms with Gasteiger partial charge >= 0.3 is 0 Å². The largest absolute Gasteiger partial charge is 0.309 e. The van der Waals surface area contributed by atoms with E-state index in [9.17, 15) is 13.2 Å². The maximum absolute atomic E-state index is 12.8. The second-order valence-corrected chi connectivity index (χ2v) is 9.50. The van der Waals surface area contributed by atoms with Crippen molar-refractivity contribution in [1.29, 1.82) is 0 Å². The maximum Gasteiger partial charge on any atom is 0.261 e. The summed E-state index contributed by atoms with van der Waals surface area (Å²) in [5, 5.41) is 0.356. The van der Waals surface area contributed by atoms with Crippen molar-refractivity contribution in [1.82, 2.24) is 0 Å². The summed E-state index contributed by atoms with van der Waals surface area (Å²) in [5.74, 6) is 0.286. The zero-order valence-corrected chi connectivity index (χ0v) is 16.8. The number of nitrogens with zero attached hydrogens (tertiary/aromatic N) is 1. The van der Waals surface area contributed by atoms with Crippen molar-refractivity contribution in [2.24, 2.45) is 5.92 Å². The Morgan fingerprint density at radius 3 is 2.59 bits per heavy atom. The van der Waals surface area contributed by atoms with Gasteiger partial charge in [0.25, 0.3) is 10.0 Å². The first kappa shape index (κ1) is 18.3. The number of aryl methyl sites for hydroxylation is 1. The molecule has 0 saturated heterocycles. The SMILES string of the molecule is Cc1ccc(NS(=O)(=O)c2ccc3c(c2)CC(C)N3C(=O)C2CC2)c(Cl)c1. The fourth-order valence-corrected chi connectivity index (χ4v) is 5.01. The number of rotatable bonds is 4. The quantitative estimate of drug-likeness (QED) is 0.832. The van der Waals surface area contributed by atoms with Gasteiger partial charge < -0.3 is 4.90 Å². The normalized spacial score (nSPS) is 19.1. The summed E-state index contributed by atoms with van der Waals surface area (Å²) in [6.07, 6.45) is 2.55. The number of halogens is 1. The van der Waals surface area contributed by atoms with Crippen LogP contribution in [0.25, 0.3) is 0 Å². The number of hydrogen-bond donors (Lipinski definition) is 1. The van der Waals surface area contributed by atoms with Gasteiger partial charge in [-0.3, -0.25) is 9.52 Å². The Labute approximate surface area is 164 Å². The number of fused-ring (bicyclic) bond motifs is 1. The summed E-state index contributed by atoms with van der Waals surface area (Å²) in [6, 6.07) is 10.2. The molecule has 0 bridgehead atoms. The van der Waals surface area contributed by atoms with E-state index < -0.39 is 10.0 Å². The number of benzene rings is 2. The highest BCUT2D eigenvalue weighted by Gasteiger charge is 2.39. The summed E-state index contributed by atoms with van der Waals surface area (Å²) in [6.45, 7) is 3.89. The molecule has 0 radical (unpaired) electrons. The minimum atomic E-state index is -3.77. The first-order chi connectivity index (χ1) is 12.8. The van der Waals surface area contributed by atoms with Crippen LogP contribution in [-0.4, -0.2) is 20.4 Å². The first-order valence-electron chi connectivity index (χ1n) is 9.01. The molecule has 1 fully saturated rings. The summed E-state index contributed by atoms with van der Waals surface area (Å²) in [5.41, 5.74) is 3.01. The molecule has 0 aromatic heterocycles. The summed E-state index contributed by atoms with van der Waals surface area (Å²) < 4.78 is 28.2. The highest BCUT2D eigenvalue weighted by Crippen LogP contribution is 2.39. The van der Waals surface area contributed by atoms with Crippen LogP contribution in [0, 0.1) is 12.8 Å². The fraction of sp³-hybridized carbons (Fsp3) is 0.350. The van der Waals surface area contributed by atoms with Gasteiger partial charge in [-0.15, -0.1) is 0 Å². The molecule has 0 spiro atoms.